The van der Waals surface area contributed by atoms with Crippen molar-refractivity contribution in [1.29, 1.82) is 0 Å². The third-order valence-electron chi connectivity index (χ3n) is 4.20. The summed E-state index contributed by atoms with van der Waals surface area (Å²) in [6.07, 6.45) is 5.56. The van der Waals surface area contributed by atoms with Crippen molar-refractivity contribution in [3.8, 4) is 11.5 Å². The maximum atomic E-state index is 9.59. The largest absolute Gasteiger partial charge is 0.504 e. The summed E-state index contributed by atoms with van der Waals surface area (Å²) in [5.41, 5.74) is 0. The summed E-state index contributed by atoms with van der Waals surface area (Å²) < 4.78 is 5.72. The van der Waals surface area contributed by atoms with Crippen LogP contribution in [0, 0.1) is 17.8 Å². The number of fused-ring (bicyclic) bond motifs is 2. The van der Waals surface area contributed by atoms with Crippen molar-refractivity contribution in [1.82, 2.24) is 0 Å². The highest BCUT2D eigenvalue weighted by Gasteiger charge is 2.39. The summed E-state index contributed by atoms with van der Waals surface area (Å²) in [5, 5.41) is 9.59. The van der Waals surface area contributed by atoms with Crippen LogP contribution in [0.2, 0.25) is 0 Å². The molecule has 1 aromatic rings. The number of benzene rings is 1. The fourth-order valence-electron chi connectivity index (χ4n) is 3.36. The zero-order valence-corrected chi connectivity index (χ0v) is 9.43. The van der Waals surface area contributed by atoms with Gasteiger partial charge in [0.2, 0.25) is 0 Å². The molecule has 2 nitrogen and oxygen atoms in total. The number of hydrogen-bond donors (Lipinski definition) is 1. The average Bonchev–Trinajstić information content (AvgIpc) is 2.90. The quantitative estimate of drug-likeness (QED) is 0.844. The molecule has 3 rings (SSSR count). The number of para-hydroxylation sites is 2. The van der Waals surface area contributed by atoms with Gasteiger partial charge in [-0.25, -0.2) is 0 Å². The third-order valence-corrected chi connectivity index (χ3v) is 4.20. The Labute approximate surface area is 96.2 Å². The van der Waals surface area contributed by atoms with E-state index in [4.69, 9.17) is 4.74 Å². The molecular weight excluding hydrogens is 200 g/mol. The number of hydrogen-bond acceptors (Lipinski definition) is 2. The zero-order chi connectivity index (χ0) is 11.0. The molecule has 2 aliphatic rings. The van der Waals surface area contributed by atoms with E-state index < -0.39 is 0 Å². The molecule has 0 aliphatic heterocycles. The van der Waals surface area contributed by atoms with Crippen LogP contribution < -0.4 is 4.74 Å². The first-order valence-corrected chi connectivity index (χ1v) is 6.23. The molecule has 16 heavy (non-hydrogen) atoms. The summed E-state index contributed by atoms with van der Waals surface area (Å²) in [6.45, 7) is 0.777. The molecule has 1 N–H and O–H groups in total. The van der Waals surface area contributed by atoms with Gasteiger partial charge in [-0.2, -0.15) is 0 Å². The molecule has 1 aromatic carbocycles. The summed E-state index contributed by atoms with van der Waals surface area (Å²) in [4.78, 5) is 0. The molecule has 3 unspecified atom stereocenters. The second-order valence-corrected chi connectivity index (χ2v) is 5.21. The Kier molecular flexibility index (Phi) is 2.50. The highest BCUT2D eigenvalue weighted by Crippen LogP contribution is 2.48. The lowest BCUT2D eigenvalue weighted by molar-refractivity contribution is 0.190. The molecule has 0 amide bonds. The van der Waals surface area contributed by atoms with E-state index in [9.17, 15) is 5.11 Å². The Morgan fingerprint density at radius 2 is 2.06 bits per heavy atom. The average molecular weight is 218 g/mol. The number of rotatable bonds is 3. The fourth-order valence-corrected chi connectivity index (χ4v) is 3.36. The molecule has 86 valence electrons. The number of ether oxygens (including phenoxy) is 1. The van der Waals surface area contributed by atoms with Crippen LogP contribution in [-0.2, 0) is 0 Å². The van der Waals surface area contributed by atoms with Crippen LogP contribution in [-0.4, -0.2) is 11.7 Å². The van der Waals surface area contributed by atoms with Crippen LogP contribution in [0.1, 0.15) is 25.7 Å². The van der Waals surface area contributed by atoms with Crippen LogP contribution in [0.15, 0.2) is 24.3 Å². The van der Waals surface area contributed by atoms with Gasteiger partial charge in [0, 0.05) is 0 Å². The lowest BCUT2D eigenvalue weighted by Crippen LogP contribution is -2.18. The Hall–Kier alpha value is -1.18. The summed E-state index contributed by atoms with van der Waals surface area (Å²) in [6, 6.07) is 7.23. The highest BCUT2D eigenvalue weighted by molar-refractivity contribution is 5.37. The third kappa shape index (κ3) is 1.77. The Balaban J connectivity index is 1.59. The van der Waals surface area contributed by atoms with E-state index in [0.717, 1.165) is 24.4 Å². The van der Waals surface area contributed by atoms with Crippen LogP contribution in [0.5, 0.6) is 11.5 Å². The molecule has 2 fully saturated rings. The standard InChI is InChI=1S/C14H18O2/c15-13-3-1-2-4-14(13)16-9-12-8-10-5-6-11(12)7-10/h1-4,10-12,15H,5-9H2. The SMILES string of the molecule is Oc1ccccc1OCC1CC2CCC1C2. The van der Waals surface area contributed by atoms with E-state index in [2.05, 4.69) is 0 Å². The highest BCUT2D eigenvalue weighted by atomic mass is 16.5. The minimum absolute atomic E-state index is 0.255. The molecule has 0 spiro atoms. The monoisotopic (exact) mass is 218 g/mol. The van der Waals surface area contributed by atoms with Gasteiger partial charge in [-0.15, -0.1) is 0 Å². The Bertz CT molecular complexity index is 375. The van der Waals surface area contributed by atoms with Crippen molar-refractivity contribution in [3.05, 3.63) is 24.3 Å². The van der Waals surface area contributed by atoms with Gasteiger partial charge in [0.1, 0.15) is 0 Å². The van der Waals surface area contributed by atoms with Crippen LogP contribution >= 0.6 is 0 Å². The number of phenols is 1. The van der Waals surface area contributed by atoms with E-state index in [-0.39, 0.29) is 5.75 Å². The first kappa shape index (κ1) is 10.0. The van der Waals surface area contributed by atoms with Gasteiger partial charge in [0.15, 0.2) is 11.5 Å². The van der Waals surface area contributed by atoms with Gasteiger partial charge in [-0.05, 0) is 49.1 Å². The van der Waals surface area contributed by atoms with Crippen molar-refractivity contribution in [2.24, 2.45) is 17.8 Å². The topological polar surface area (TPSA) is 29.5 Å². The molecule has 0 saturated heterocycles. The van der Waals surface area contributed by atoms with Crippen molar-refractivity contribution in [2.75, 3.05) is 6.61 Å². The molecule has 0 radical (unpaired) electrons. The summed E-state index contributed by atoms with van der Waals surface area (Å²) >= 11 is 0. The summed E-state index contributed by atoms with van der Waals surface area (Å²) in [7, 11) is 0. The van der Waals surface area contributed by atoms with E-state index in [1.54, 1.807) is 6.07 Å². The molecule has 3 atom stereocenters. The van der Waals surface area contributed by atoms with Gasteiger partial charge in [0.05, 0.1) is 6.61 Å². The molecule has 2 aliphatic carbocycles. The maximum absolute atomic E-state index is 9.59. The molecule has 0 aromatic heterocycles. The van der Waals surface area contributed by atoms with Crippen molar-refractivity contribution in [2.45, 2.75) is 25.7 Å². The number of aromatic hydroxyl groups is 1. The maximum Gasteiger partial charge on any atom is 0.160 e. The second-order valence-electron chi connectivity index (χ2n) is 5.21. The van der Waals surface area contributed by atoms with Gasteiger partial charge in [0.25, 0.3) is 0 Å². The minimum atomic E-state index is 0.255. The lowest BCUT2D eigenvalue weighted by atomic mass is 9.89. The van der Waals surface area contributed by atoms with Gasteiger partial charge in [-0.3, -0.25) is 0 Å². The predicted octanol–water partition coefficient (Wildman–Crippen LogP) is 3.21. The van der Waals surface area contributed by atoms with Crippen LogP contribution in [0.4, 0.5) is 0 Å². The van der Waals surface area contributed by atoms with Crippen molar-refractivity contribution < 1.29 is 9.84 Å². The Morgan fingerprint density at radius 1 is 1.19 bits per heavy atom. The molecule has 2 heteroatoms. The van der Waals surface area contributed by atoms with Gasteiger partial charge in [-0.1, -0.05) is 18.6 Å². The Morgan fingerprint density at radius 3 is 2.75 bits per heavy atom. The van der Waals surface area contributed by atoms with E-state index in [1.807, 2.05) is 18.2 Å². The predicted molar refractivity (Wildman–Crippen MR) is 62.5 cm³/mol. The molecule has 2 saturated carbocycles. The van der Waals surface area contributed by atoms with Crippen LogP contribution in [0.3, 0.4) is 0 Å². The van der Waals surface area contributed by atoms with Crippen molar-refractivity contribution in [3.63, 3.8) is 0 Å². The molecule has 2 bridgehead atoms. The summed E-state index contributed by atoms with van der Waals surface area (Å²) in [5.74, 6) is 3.45. The van der Waals surface area contributed by atoms with Crippen LogP contribution in [0.25, 0.3) is 0 Å². The lowest BCUT2D eigenvalue weighted by Gasteiger charge is -2.21. The van der Waals surface area contributed by atoms with E-state index in [0.29, 0.717) is 5.75 Å². The zero-order valence-electron chi connectivity index (χ0n) is 9.43. The minimum Gasteiger partial charge on any atom is -0.504 e. The molecular formula is C14H18O2. The van der Waals surface area contributed by atoms with Crippen molar-refractivity contribution >= 4 is 0 Å². The first-order chi connectivity index (χ1) is 7.83. The molecule has 0 heterocycles. The smallest absolute Gasteiger partial charge is 0.160 e. The van der Waals surface area contributed by atoms with Gasteiger partial charge < -0.3 is 9.84 Å². The second kappa shape index (κ2) is 4.00. The fraction of sp³-hybridized carbons (Fsp3) is 0.571. The van der Waals surface area contributed by atoms with Gasteiger partial charge >= 0.3 is 0 Å². The normalized spacial score (nSPS) is 31.9. The number of phenolic OH excluding ortho intramolecular Hbond substituents is 1. The van der Waals surface area contributed by atoms with E-state index in [1.165, 1.54) is 25.7 Å². The van der Waals surface area contributed by atoms with E-state index >= 15 is 0 Å². The first-order valence-electron chi connectivity index (χ1n) is 6.23.